The van der Waals surface area contributed by atoms with Crippen molar-refractivity contribution in [3.05, 3.63) is 53.8 Å². The summed E-state index contributed by atoms with van der Waals surface area (Å²) < 4.78 is 23.8. The maximum Gasteiger partial charge on any atom is 0.319 e. The second kappa shape index (κ2) is 8.03. The van der Waals surface area contributed by atoms with E-state index in [1.165, 1.54) is 13.2 Å². The van der Waals surface area contributed by atoms with Gasteiger partial charge in [0.1, 0.15) is 17.3 Å². The van der Waals surface area contributed by atoms with Crippen LogP contribution in [-0.4, -0.2) is 26.8 Å². The van der Waals surface area contributed by atoms with E-state index in [1.807, 2.05) is 0 Å². The molecular weight excluding hydrogens is 299 g/mol. The summed E-state index contributed by atoms with van der Waals surface area (Å²) in [4.78, 5) is 11.9. The van der Waals surface area contributed by atoms with Gasteiger partial charge in [0.05, 0.1) is 19.9 Å². The van der Waals surface area contributed by atoms with Gasteiger partial charge < -0.3 is 20.1 Å². The first-order chi connectivity index (χ1) is 11.1. The SMILES string of the molecule is COc1ccc(NC(=O)NCCc2ccccc2F)c(OC)c1. The van der Waals surface area contributed by atoms with Gasteiger partial charge in [0, 0.05) is 12.6 Å². The molecule has 0 aromatic heterocycles. The van der Waals surface area contributed by atoms with Crippen LogP contribution in [0.3, 0.4) is 0 Å². The number of nitrogens with one attached hydrogen (secondary N) is 2. The van der Waals surface area contributed by atoms with Crippen molar-refractivity contribution in [3.8, 4) is 11.5 Å². The third kappa shape index (κ3) is 4.60. The lowest BCUT2D eigenvalue weighted by Gasteiger charge is -2.12. The number of carbonyl (C=O) groups excluding carboxylic acids is 1. The lowest BCUT2D eigenvalue weighted by Crippen LogP contribution is -2.30. The van der Waals surface area contributed by atoms with E-state index < -0.39 is 0 Å². The topological polar surface area (TPSA) is 59.6 Å². The summed E-state index contributed by atoms with van der Waals surface area (Å²) >= 11 is 0. The third-order valence-electron chi connectivity index (χ3n) is 3.29. The minimum atomic E-state index is -0.384. The van der Waals surface area contributed by atoms with Gasteiger partial charge in [-0.25, -0.2) is 9.18 Å². The van der Waals surface area contributed by atoms with Gasteiger partial charge in [0.2, 0.25) is 0 Å². The molecule has 0 bridgehead atoms. The Morgan fingerprint density at radius 1 is 1.13 bits per heavy atom. The molecule has 0 heterocycles. The van der Waals surface area contributed by atoms with Crippen molar-refractivity contribution in [1.29, 1.82) is 0 Å². The van der Waals surface area contributed by atoms with E-state index in [-0.39, 0.29) is 11.8 Å². The molecule has 2 rings (SSSR count). The van der Waals surface area contributed by atoms with Crippen LogP contribution < -0.4 is 20.1 Å². The molecule has 2 N–H and O–H groups in total. The Hall–Kier alpha value is -2.76. The predicted molar refractivity (Wildman–Crippen MR) is 86.7 cm³/mol. The third-order valence-corrected chi connectivity index (χ3v) is 3.29. The Labute approximate surface area is 134 Å². The largest absolute Gasteiger partial charge is 0.497 e. The Bertz CT molecular complexity index is 677. The summed E-state index contributed by atoms with van der Waals surface area (Å²) in [7, 11) is 3.06. The fourth-order valence-electron chi connectivity index (χ4n) is 2.08. The molecule has 2 amide bonds. The van der Waals surface area contributed by atoms with Gasteiger partial charge in [-0.3, -0.25) is 0 Å². The smallest absolute Gasteiger partial charge is 0.319 e. The minimum Gasteiger partial charge on any atom is -0.497 e. The Balaban J connectivity index is 1.89. The van der Waals surface area contributed by atoms with Crippen LogP contribution in [0.1, 0.15) is 5.56 Å². The van der Waals surface area contributed by atoms with Crippen molar-refractivity contribution in [1.82, 2.24) is 5.32 Å². The molecule has 0 saturated heterocycles. The van der Waals surface area contributed by atoms with Crippen LogP contribution in [0.4, 0.5) is 14.9 Å². The number of rotatable bonds is 6. The second-order valence-corrected chi connectivity index (χ2v) is 4.79. The van der Waals surface area contributed by atoms with Crippen molar-refractivity contribution in [2.75, 3.05) is 26.1 Å². The molecule has 0 atom stereocenters. The van der Waals surface area contributed by atoms with E-state index in [9.17, 15) is 9.18 Å². The molecular formula is C17H19FN2O3. The van der Waals surface area contributed by atoms with Gasteiger partial charge in [0.15, 0.2) is 0 Å². The lowest BCUT2D eigenvalue weighted by atomic mass is 10.1. The molecule has 5 nitrogen and oxygen atoms in total. The van der Waals surface area contributed by atoms with E-state index in [4.69, 9.17) is 9.47 Å². The number of urea groups is 1. The van der Waals surface area contributed by atoms with E-state index in [2.05, 4.69) is 10.6 Å². The summed E-state index contributed by atoms with van der Waals surface area (Å²) in [5.74, 6) is 0.854. The highest BCUT2D eigenvalue weighted by Crippen LogP contribution is 2.28. The molecule has 0 unspecified atom stereocenters. The molecule has 0 aliphatic carbocycles. The number of hydrogen-bond acceptors (Lipinski definition) is 3. The zero-order valence-corrected chi connectivity index (χ0v) is 13.1. The van der Waals surface area contributed by atoms with Crippen LogP contribution >= 0.6 is 0 Å². The normalized spacial score (nSPS) is 10.0. The van der Waals surface area contributed by atoms with Gasteiger partial charge >= 0.3 is 6.03 Å². The highest BCUT2D eigenvalue weighted by molar-refractivity contribution is 5.91. The van der Waals surface area contributed by atoms with Crippen LogP contribution in [0, 0.1) is 5.82 Å². The molecule has 2 aromatic carbocycles. The monoisotopic (exact) mass is 318 g/mol. The number of amides is 2. The van der Waals surface area contributed by atoms with E-state index in [1.54, 1.807) is 43.5 Å². The molecule has 23 heavy (non-hydrogen) atoms. The second-order valence-electron chi connectivity index (χ2n) is 4.79. The van der Waals surface area contributed by atoms with Gasteiger partial charge in [0.25, 0.3) is 0 Å². The van der Waals surface area contributed by atoms with Gasteiger partial charge in [-0.2, -0.15) is 0 Å². The van der Waals surface area contributed by atoms with Gasteiger partial charge in [-0.15, -0.1) is 0 Å². The number of halogens is 1. The van der Waals surface area contributed by atoms with Gasteiger partial charge in [-0.1, -0.05) is 18.2 Å². The van der Waals surface area contributed by atoms with Crippen molar-refractivity contribution < 1.29 is 18.7 Å². The van der Waals surface area contributed by atoms with Crippen LogP contribution in [0.5, 0.6) is 11.5 Å². The Morgan fingerprint density at radius 3 is 2.61 bits per heavy atom. The van der Waals surface area contributed by atoms with Crippen molar-refractivity contribution in [2.45, 2.75) is 6.42 Å². The fourth-order valence-corrected chi connectivity index (χ4v) is 2.08. The molecule has 0 spiro atoms. The van der Waals surface area contributed by atoms with Crippen LogP contribution in [0.15, 0.2) is 42.5 Å². The maximum absolute atomic E-state index is 13.5. The highest BCUT2D eigenvalue weighted by Gasteiger charge is 2.09. The van der Waals surface area contributed by atoms with E-state index >= 15 is 0 Å². The number of carbonyl (C=O) groups is 1. The first-order valence-electron chi connectivity index (χ1n) is 7.14. The molecule has 6 heteroatoms. The van der Waals surface area contributed by atoms with Crippen molar-refractivity contribution >= 4 is 11.7 Å². The quantitative estimate of drug-likeness (QED) is 0.860. The summed E-state index contributed by atoms with van der Waals surface area (Å²) in [6.07, 6.45) is 0.417. The fraction of sp³-hybridized carbons (Fsp3) is 0.235. The lowest BCUT2D eigenvalue weighted by molar-refractivity contribution is 0.252. The Kier molecular flexibility index (Phi) is 5.80. The molecule has 0 saturated carbocycles. The van der Waals surface area contributed by atoms with Crippen LogP contribution in [-0.2, 0) is 6.42 Å². The first kappa shape index (κ1) is 16.6. The van der Waals surface area contributed by atoms with E-state index in [0.717, 1.165) is 0 Å². The average molecular weight is 318 g/mol. The molecule has 0 aliphatic heterocycles. The molecule has 122 valence electrons. The molecule has 2 aromatic rings. The summed E-state index contributed by atoms with van der Waals surface area (Å²) in [5, 5.41) is 5.37. The minimum absolute atomic E-state index is 0.272. The van der Waals surface area contributed by atoms with Crippen LogP contribution in [0.25, 0.3) is 0 Å². The number of hydrogen-bond donors (Lipinski definition) is 2. The molecule has 0 aliphatic rings. The zero-order chi connectivity index (χ0) is 16.7. The maximum atomic E-state index is 13.5. The number of ether oxygens (including phenoxy) is 2. The van der Waals surface area contributed by atoms with Crippen molar-refractivity contribution in [2.24, 2.45) is 0 Å². The predicted octanol–water partition coefficient (Wildman–Crippen LogP) is 3.21. The Morgan fingerprint density at radius 2 is 1.91 bits per heavy atom. The standard InChI is InChI=1S/C17H19FN2O3/c1-22-13-7-8-15(16(11-13)23-2)20-17(21)19-10-9-12-5-3-4-6-14(12)18/h3-8,11H,9-10H2,1-2H3,(H2,19,20,21). The number of methoxy groups -OCH3 is 2. The zero-order valence-electron chi connectivity index (χ0n) is 13.1. The number of benzene rings is 2. The van der Waals surface area contributed by atoms with Crippen molar-refractivity contribution in [3.63, 3.8) is 0 Å². The summed E-state index contributed by atoms with van der Waals surface area (Å²) in [5.41, 5.74) is 1.09. The first-order valence-corrected chi connectivity index (χ1v) is 7.14. The molecule has 0 radical (unpaired) electrons. The summed E-state index contributed by atoms with van der Waals surface area (Å²) in [6, 6.07) is 11.2. The van der Waals surface area contributed by atoms with Crippen LogP contribution in [0.2, 0.25) is 0 Å². The average Bonchev–Trinajstić information content (AvgIpc) is 2.57. The van der Waals surface area contributed by atoms with E-state index in [0.29, 0.717) is 35.7 Å². The van der Waals surface area contributed by atoms with Gasteiger partial charge in [-0.05, 0) is 30.2 Å². The number of anilines is 1. The highest BCUT2D eigenvalue weighted by atomic mass is 19.1. The molecule has 0 fully saturated rings. The summed E-state index contributed by atoms with van der Waals surface area (Å²) in [6.45, 7) is 0.325.